The van der Waals surface area contributed by atoms with Gasteiger partial charge in [0.05, 0.1) is 23.6 Å². The Bertz CT molecular complexity index is 941. The molecule has 1 aromatic carbocycles. The van der Waals surface area contributed by atoms with E-state index in [9.17, 15) is 18.3 Å². The minimum atomic E-state index is -3.63. The second-order valence-electron chi connectivity index (χ2n) is 6.99. The molecule has 2 heterocycles. The molecule has 0 aliphatic carbocycles. The van der Waals surface area contributed by atoms with Crippen molar-refractivity contribution in [3.05, 3.63) is 59.4 Å². The number of nitrogens with zero attached hydrogens (tertiary/aromatic N) is 1. The Morgan fingerprint density at radius 3 is 2.63 bits per heavy atom. The molecule has 2 aromatic rings. The number of nitrogens with one attached hydrogen (secondary N) is 2. The van der Waals surface area contributed by atoms with Crippen LogP contribution in [0.1, 0.15) is 29.8 Å². The molecule has 0 bridgehead atoms. The number of pyridine rings is 1. The highest BCUT2D eigenvalue weighted by molar-refractivity contribution is 7.89. The molecule has 0 saturated carbocycles. The summed E-state index contributed by atoms with van der Waals surface area (Å²) in [5.74, 6) is -0.322. The number of hydrogen-bond acceptors (Lipinski definition) is 6. The lowest BCUT2D eigenvalue weighted by Crippen LogP contribution is -2.51. The normalized spacial score (nSPS) is 21.9. The average molecular weight is 454 g/mol. The summed E-state index contributed by atoms with van der Waals surface area (Å²) in [6.07, 6.45) is 2.44. The van der Waals surface area contributed by atoms with Crippen LogP contribution >= 0.6 is 11.6 Å². The van der Waals surface area contributed by atoms with Gasteiger partial charge in [0.2, 0.25) is 10.0 Å². The van der Waals surface area contributed by atoms with Crippen LogP contribution in [0.15, 0.2) is 53.6 Å². The fourth-order valence-electron chi connectivity index (χ4n) is 3.30. The third kappa shape index (κ3) is 5.99. The first kappa shape index (κ1) is 22.6. The molecule has 3 atom stereocenters. The molecule has 1 aliphatic rings. The number of benzene rings is 1. The van der Waals surface area contributed by atoms with E-state index in [1.54, 1.807) is 18.2 Å². The number of halogens is 1. The molecule has 0 unspecified atom stereocenters. The summed E-state index contributed by atoms with van der Waals surface area (Å²) in [6, 6.07) is 10.6. The Hall–Kier alpha value is -2.04. The molecule has 30 heavy (non-hydrogen) atoms. The van der Waals surface area contributed by atoms with Gasteiger partial charge in [-0.1, -0.05) is 17.7 Å². The maximum absolute atomic E-state index is 12.3. The highest BCUT2D eigenvalue weighted by atomic mass is 35.5. The molecule has 162 valence electrons. The molecule has 1 amide bonds. The van der Waals surface area contributed by atoms with Gasteiger partial charge in [-0.2, -0.15) is 0 Å². The third-order valence-corrected chi connectivity index (χ3v) is 6.62. The number of aliphatic hydroxyl groups excluding tert-OH is 1. The average Bonchev–Trinajstić information content (AvgIpc) is 2.75. The molecule has 3 N–H and O–H groups in total. The lowest BCUT2D eigenvalue weighted by atomic mass is 9.97. The van der Waals surface area contributed by atoms with Gasteiger partial charge >= 0.3 is 0 Å². The molecule has 1 fully saturated rings. The SMILES string of the molecule is O=C(N[C@H]1CC[C@H](CCNS(=O)(=O)c2ccc(Cl)cc2)O[C@H]1CO)c1ccccn1. The maximum atomic E-state index is 12.3. The number of ether oxygens (including phenoxy) is 1. The van der Waals surface area contributed by atoms with Crippen molar-refractivity contribution in [1.82, 2.24) is 15.0 Å². The van der Waals surface area contributed by atoms with Crippen LogP contribution < -0.4 is 10.0 Å². The smallest absolute Gasteiger partial charge is 0.270 e. The van der Waals surface area contributed by atoms with Crippen molar-refractivity contribution in [3.63, 3.8) is 0 Å². The van der Waals surface area contributed by atoms with E-state index in [2.05, 4.69) is 15.0 Å². The zero-order valence-electron chi connectivity index (χ0n) is 16.2. The molecule has 10 heteroatoms. The largest absolute Gasteiger partial charge is 0.394 e. The van der Waals surface area contributed by atoms with E-state index in [0.29, 0.717) is 30.0 Å². The van der Waals surface area contributed by atoms with Crippen molar-refractivity contribution in [2.75, 3.05) is 13.2 Å². The molecular formula is C20H24ClN3O5S. The summed E-state index contributed by atoms with van der Waals surface area (Å²) in [6.45, 7) is -0.0566. The number of aromatic nitrogens is 1. The van der Waals surface area contributed by atoms with Crippen LogP contribution in [-0.2, 0) is 14.8 Å². The van der Waals surface area contributed by atoms with Gasteiger partial charge < -0.3 is 15.2 Å². The number of aliphatic hydroxyl groups is 1. The lowest BCUT2D eigenvalue weighted by Gasteiger charge is -2.36. The molecule has 0 spiro atoms. The second kappa shape index (κ2) is 10.3. The van der Waals surface area contributed by atoms with Gasteiger partial charge in [-0.15, -0.1) is 0 Å². The van der Waals surface area contributed by atoms with Crippen molar-refractivity contribution in [2.45, 2.75) is 42.4 Å². The van der Waals surface area contributed by atoms with E-state index in [-0.39, 0.29) is 36.1 Å². The van der Waals surface area contributed by atoms with Crippen molar-refractivity contribution in [2.24, 2.45) is 0 Å². The summed E-state index contributed by atoms with van der Waals surface area (Å²) in [5.41, 5.74) is 0.299. The van der Waals surface area contributed by atoms with Crippen LogP contribution in [0.4, 0.5) is 0 Å². The maximum Gasteiger partial charge on any atom is 0.270 e. The summed E-state index contributed by atoms with van der Waals surface area (Å²) >= 11 is 5.79. The minimum Gasteiger partial charge on any atom is -0.394 e. The Balaban J connectivity index is 1.49. The molecule has 1 aliphatic heterocycles. The first-order valence-corrected chi connectivity index (χ1v) is 11.5. The fraction of sp³-hybridized carbons (Fsp3) is 0.400. The van der Waals surface area contributed by atoms with Crippen LogP contribution in [0.2, 0.25) is 5.02 Å². The zero-order chi connectivity index (χ0) is 21.6. The molecule has 8 nitrogen and oxygen atoms in total. The summed E-state index contributed by atoms with van der Waals surface area (Å²) in [7, 11) is -3.63. The number of amides is 1. The minimum absolute atomic E-state index is 0.141. The summed E-state index contributed by atoms with van der Waals surface area (Å²) in [4.78, 5) is 16.5. The molecule has 0 radical (unpaired) electrons. The van der Waals surface area contributed by atoms with Gasteiger partial charge in [0.15, 0.2) is 0 Å². The topological polar surface area (TPSA) is 118 Å². The van der Waals surface area contributed by atoms with Crippen molar-refractivity contribution in [1.29, 1.82) is 0 Å². The molecule has 1 aromatic heterocycles. The van der Waals surface area contributed by atoms with Crippen molar-refractivity contribution >= 4 is 27.5 Å². The summed E-state index contributed by atoms with van der Waals surface area (Å²) in [5, 5.41) is 13.0. The van der Waals surface area contributed by atoms with Crippen LogP contribution in [0, 0.1) is 0 Å². The van der Waals surface area contributed by atoms with E-state index in [1.807, 2.05) is 0 Å². The van der Waals surface area contributed by atoms with Crippen LogP contribution in [0.25, 0.3) is 0 Å². The first-order valence-electron chi connectivity index (χ1n) is 9.62. The number of rotatable bonds is 8. The monoisotopic (exact) mass is 453 g/mol. The Labute approximate surface area is 180 Å². The quantitative estimate of drug-likeness (QED) is 0.560. The van der Waals surface area contributed by atoms with E-state index in [1.165, 1.54) is 30.5 Å². The zero-order valence-corrected chi connectivity index (χ0v) is 17.8. The van der Waals surface area contributed by atoms with E-state index in [4.69, 9.17) is 16.3 Å². The fourth-order valence-corrected chi connectivity index (χ4v) is 4.47. The summed E-state index contributed by atoms with van der Waals surface area (Å²) < 4.78 is 33.1. The first-order chi connectivity index (χ1) is 14.4. The number of carbonyl (C=O) groups excluding carboxylic acids is 1. The standard InChI is InChI=1S/C20H24ClN3O5S/c21-14-4-7-16(8-5-14)30(27,28)23-12-10-15-6-9-17(19(13-25)29-15)24-20(26)18-3-1-2-11-22-18/h1-5,7-8,11,15,17,19,23,25H,6,9-10,12-13H2,(H,24,26)/t15-,17+,19+/m1/s1. The van der Waals surface area contributed by atoms with Crippen LogP contribution in [0.3, 0.4) is 0 Å². The van der Waals surface area contributed by atoms with Gasteiger partial charge in [-0.3, -0.25) is 9.78 Å². The third-order valence-electron chi connectivity index (χ3n) is 4.89. The lowest BCUT2D eigenvalue weighted by molar-refractivity contribution is -0.0891. The number of carbonyl (C=O) groups is 1. The van der Waals surface area contributed by atoms with E-state index >= 15 is 0 Å². The van der Waals surface area contributed by atoms with Crippen LogP contribution in [0.5, 0.6) is 0 Å². The van der Waals surface area contributed by atoms with Gasteiger partial charge in [-0.25, -0.2) is 13.1 Å². The van der Waals surface area contributed by atoms with Crippen LogP contribution in [-0.4, -0.2) is 55.8 Å². The van der Waals surface area contributed by atoms with Gasteiger partial charge in [0.1, 0.15) is 11.8 Å². The molecule has 3 rings (SSSR count). The Kier molecular flexibility index (Phi) is 7.79. The van der Waals surface area contributed by atoms with E-state index in [0.717, 1.165) is 0 Å². The van der Waals surface area contributed by atoms with Crippen molar-refractivity contribution in [3.8, 4) is 0 Å². The van der Waals surface area contributed by atoms with Crippen molar-refractivity contribution < 1.29 is 23.1 Å². The molecular weight excluding hydrogens is 430 g/mol. The van der Waals surface area contributed by atoms with Gasteiger partial charge in [0.25, 0.3) is 5.91 Å². The van der Waals surface area contributed by atoms with Gasteiger partial charge in [-0.05, 0) is 55.7 Å². The highest BCUT2D eigenvalue weighted by Gasteiger charge is 2.32. The Morgan fingerprint density at radius 2 is 1.97 bits per heavy atom. The highest BCUT2D eigenvalue weighted by Crippen LogP contribution is 2.22. The van der Waals surface area contributed by atoms with E-state index < -0.39 is 16.1 Å². The number of hydrogen-bond donors (Lipinski definition) is 3. The second-order valence-corrected chi connectivity index (χ2v) is 9.20. The predicted molar refractivity (Wildman–Crippen MR) is 112 cm³/mol. The number of sulfonamides is 1. The Morgan fingerprint density at radius 1 is 1.20 bits per heavy atom. The molecule has 1 saturated heterocycles. The predicted octanol–water partition coefficient (Wildman–Crippen LogP) is 1.74. The van der Waals surface area contributed by atoms with Gasteiger partial charge in [0, 0.05) is 17.8 Å².